The molecule has 0 spiro atoms. The Hall–Kier alpha value is -2.71. The molecule has 0 aliphatic carbocycles. The number of nitrogens with one attached hydrogen (secondary N) is 1. The van der Waals surface area contributed by atoms with E-state index >= 15 is 0 Å². The molecule has 0 aliphatic heterocycles. The van der Waals surface area contributed by atoms with Gasteiger partial charge in [-0.2, -0.15) is 0 Å². The van der Waals surface area contributed by atoms with E-state index < -0.39 is 27.4 Å². The molecule has 3 aromatic rings. The number of rotatable bonds is 6. The largest absolute Gasteiger partial charge is 0.240 e. The minimum Gasteiger partial charge on any atom is -0.240 e. The third-order valence-electron chi connectivity index (χ3n) is 3.62. The quantitative estimate of drug-likeness (QED) is 0.719. The predicted octanol–water partition coefficient (Wildman–Crippen LogP) is 3.04. The average Bonchev–Trinajstić information content (AvgIpc) is 2.64. The van der Waals surface area contributed by atoms with Crippen LogP contribution in [-0.4, -0.2) is 18.4 Å². The van der Waals surface area contributed by atoms with Crippen molar-refractivity contribution in [2.75, 3.05) is 0 Å². The van der Waals surface area contributed by atoms with E-state index in [0.29, 0.717) is 11.4 Å². The van der Waals surface area contributed by atoms with Crippen molar-refractivity contribution in [2.24, 2.45) is 0 Å². The summed E-state index contributed by atoms with van der Waals surface area (Å²) < 4.78 is 53.4. The van der Waals surface area contributed by atoms with Gasteiger partial charge in [0, 0.05) is 11.1 Å². The molecule has 0 unspecified atom stereocenters. The van der Waals surface area contributed by atoms with Crippen LogP contribution in [0.2, 0.25) is 0 Å². The van der Waals surface area contributed by atoms with Crippen molar-refractivity contribution >= 4 is 10.0 Å². The van der Waals surface area contributed by atoms with Crippen LogP contribution < -0.4 is 4.72 Å². The summed E-state index contributed by atoms with van der Waals surface area (Å²) in [6.07, 6.45) is 1.35. The molecule has 3 rings (SSSR count). The second-order valence-corrected chi connectivity index (χ2v) is 7.38. The van der Waals surface area contributed by atoms with Gasteiger partial charge in [0.25, 0.3) is 0 Å². The van der Waals surface area contributed by atoms with Crippen LogP contribution in [0.4, 0.5) is 8.78 Å². The first-order valence-corrected chi connectivity index (χ1v) is 9.36. The molecule has 0 atom stereocenters. The molecule has 0 fully saturated rings. The average molecular weight is 375 g/mol. The maximum atomic E-state index is 13.6. The van der Waals surface area contributed by atoms with Gasteiger partial charge in [-0.15, -0.1) is 0 Å². The standard InChI is InChI=1S/C18H15F2N3O2S/c19-15-6-7-17(20)14(8-15)11-26(24,25)23-10-16-9-18(22-12-21-16)13-4-2-1-3-5-13/h1-9,12,23H,10-11H2. The Morgan fingerprint density at radius 1 is 0.962 bits per heavy atom. The van der Waals surface area contributed by atoms with Gasteiger partial charge in [0.1, 0.15) is 18.0 Å². The van der Waals surface area contributed by atoms with E-state index in [-0.39, 0.29) is 12.1 Å². The lowest BCUT2D eigenvalue weighted by atomic mass is 10.1. The van der Waals surface area contributed by atoms with Crippen LogP contribution in [0.25, 0.3) is 11.3 Å². The first-order valence-electron chi connectivity index (χ1n) is 7.70. The van der Waals surface area contributed by atoms with E-state index in [1.165, 1.54) is 6.33 Å². The molecule has 1 heterocycles. The number of halogens is 2. The van der Waals surface area contributed by atoms with Crippen molar-refractivity contribution in [3.8, 4) is 11.3 Å². The zero-order chi connectivity index (χ0) is 18.6. The first-order chi connectivity index (χ1) is 12.4. The van der Waals surface area contributed by atoms with E-state index in [0.717, 1.165) is 23.8 Å². The maximum Gasteiger partial charge on any atom is 0.216 e. The van der Waals surface area contributed by atoms with Crippen LogP contribution in [0, 0.1) is 11.6 Å². The molecule has 1 N–H and O–H groups in total. The Balaban J connectivity index is 1.71. The van der Waals surface area contributed by atoms with E-state index in [4.69, 9.17) is 0 Å². The number of benzene rings is 2. The number of hydrogen-bond donors (Lipinski definition) is 1. The van der Waals surface area contributed by atoms with Crippen LogP contribution in [0.15, 0.2) is 60.9 Å². The molecular weight excluding hydrogens is 360 g/mol. The Morgan fingerprint density at radius 2 is 1.73 bits per heavy atom. The van der Waals surface area contributed by atoms with Gasteiger partial charge in [-0.05, 0) is 24.3 Å². The molecule has 0 saturated heterocycles. The van der Waals surface area contributed by atoms with Crippen molar-refractivity contribution < 1.29 is 17.2 Å². The molecule has 26 heavy (non-hydrogen) atoms. The van der Waals surface area contributed by atoms with Gasteiger partial charge < -0.3 is 0 Å². The summed E-state index contributed by atoms with van der Waals surface area (Å²) in [5.41, 5.74) is 1.76. The highest BCUT2D eigenvalue weighted by atomic mass is 32.2. The fraction of sp³-hybridized carbons (Fsp3) is 0.111. The lowest BCUT2D eigenvalue weighted by molar-refractivity contribution is 0.569. The van der Waals surface area contributed by atoms with E-state index in [2.05, 4.69) is 14.7 Å². The third kappa shape index (κ3) is 4.68. The molecule has 2 aromatic carbocycles. The van der Waals surface area contributed by atoms with Gasteiger partial charge in [0.05, 0.1) is 23.7 Å². The summed E-state index contributed by atoms with van der Waals surface area (Å²) >= 11 is 0. The van der Waals surface area contributed by atoms with Crippen molar-refractivity contribution in [3.05, 3.63) is 83.8 Å². The fourth-order valence-corrected chi connectivity index (χ4v) is 3.46. The van der Waals surface area contributed by atoms with E-state index in [9.17, 15) is 17.2 Å². The van der Waals surface area contributed by atoms with Crippen molar-refractivity contribution in [2.45, 2.75) is 12.3 Å². The van der Waals surface area contributed by atoms with Crippen LogP contribution >= 0.6 is 0 Å². The van der Waals surface area contributed by atoms with E-state index in [1.807, 2.05) is 30.3 Å². The minimum atomic E-state index is -3.87. The summed E-state index contributed by atoms with van der Waals surface area (Å²) in [6.45, 7) is -0.0817. The van der Waals surface area contributed by atoms with E-state index in [1.54, 1.807) is 6.07 Å². The van der Waals surface area contributed by atoms with Gasteiger partial charge in [-0.25, -0.2) is 31.9 Å². The van der Waals surface area contributed by atoms with Crippen LogP contribution in [-0.2, 0) is 22.3 Å². The Labute approximate surface area is 149 Å². The lowest BCUT2D eigenvalue weighted by Gasteiger charge is -2.08. The number of hydrogen-bond acceptors (Lipinski definition) is 4. The summed E-state index contributed by atoms with van der Waals surface area (Å²) in [7, 11) is -3.87. The van der Waals surface area contributed by atoms with Crippen molar-refractivity contribution in [1.82, 2.24) is 14.7 Å². The normalized spacial score (nSPS) is 11.5. The molecule has 0 aliphatic rings. The first kappa shape index (κ1) is 18.1. The van der Waals surface area contributed by atoms with Gasteiger partial charge in [-0.1, -0.05) is 30.3 Å². The second kappa shape index (κ2) is 7.67. The van der Waals surface area contributed by atoms with Crippen molar-refractivity contribution in [1.29, 1.82) is 0 Å². The summed E-state index contributed by atoms with van der Waals surface area (Å²) in [5, 5.41) is 0. The fourth-order valence-electron chi connectivity index (χ4n) is 2.35. The summed E-state index contributed by atoms with van der Waals surface area (Å²) in [4.78, 5) is 8.20. The molecule has 0 radical (unpaired) electrons. The van der Waals surface area contributed by atoms with Gasteiger partial charge in [0.2, 0.25) is 10.0 Å². The third-order valence-corrected chi connectivity index (χ3v) is 4.89. The summed E-state index contributed by atoms with van der Waals surface area (Å²) in [6, 6.07) is 13.7. The lowest BCUT2D eigenvalue weighted by Crippen LogP contribution is -2.25. The second-order valence-electron chi connectivity index (χ2n) is 5.58. The van der Waals surface area contributed by atoms with Gasteiger partial charge >= 0.3 is 0 Å². The molecule has 5 nitrogen and oxygen atoms in total. The van der Waals surface area contributed by atoms with Crippen molar-refractivity contribution in [3.63, 3.8) is 0 Å². The molecule has 8 heteroatoms. The maximum absolute atomic E-state index is 13.6. The Bertz CT molecular complexity index is 1010. The monoisotopic (exact) mass is 375 g/mol. The molecule has 0 saturated carbocycles. The predicted molar refractivity (Wildman–Crippen MR) is 93.3 cm³/mol. The Morgan fingerprint density at radius 3 is 2.50 bits per heavy atom. The smallest absolute Gasteiger partial charge is 0.216 e. The zero-order valence-electron chi connectivity index (χ0n) is 13.6. The van der Waals surface area contributed by atoms with Gasteiger partial charge in [-0.3, -0.25) is 0 Å². The number of nitrogens with zero attached hydrogens (tertiary/aromatic N) is 2. The zero-order valence-corrected chi connectivity index (χ0v) is 14.4. The number of sulfonamides is 1. The molecule has 0 bridgehead atoms. The van der Waals surface area contributed by atoms with Crippen LogP contribution in [0.1, 0.15) is 11.3 Å². The molecule has 0 amide bonds. The van der Waals surface area contributed by atoms with Crippen LogP contribution in [0.3, 0.4) is 0 Å². The highest BCUT2D eigenvalue weighted by Crippen LogP contribution is 2.17. The topological polar surface area (TPSA) is 72.0 Å². The molecular formula is C18H15F2N3O2S. The highest BCUT2D eigenvalue weighted by molar-refractivity contribution is 7.88. The number of aromatic nitrogens is 2. The molecule has 134 valence electrons. The Kier molecular flexibility index (Phi) is 5.34. The van der Waals surface area contributed by atoms with Gasteiger partial charge in [0.15, 0.2) is 0 Å². The van der Waals surface area contributed by atoms with Crippen LogP contribution in [0.5, 0.6) is 0 Å². The highest BCUT2D eigenvalue weighted by Gasteiger charge is 2.16. The molecule has 1 aromatic heterocycles. The minimum absolute atomic E-state index is 0.0817. The SMILES string of the molecule is O=S(=O)(Cc1cc(F)ccc1F)NCc1cc(-c2ccccc2)ncn1. The summed E-state index contributed by atoms with van der Waals surface area (Å²) in [5.74, 6) is -2.13.